The molecule has 1 saturated heterocycles. The zero-order chi connectivity index (χ0) is 16.7. The minimum atomic E-state index is -4.77. The van der Waals surface area contributed by atoms with Crippen LogP contribution in [0, 0.1) is 0 Å². The molecular formula is C10H15N2O9P. The van der Waals surface area contributed by atoms with Crippen LogP contribution in [0.3, 0.4) is 0 Å². The normalized spacial score (nSPS) is 29.0. The van der Waals surface area contributed by atoms with E-state index in [2.05, 4.69) is 9.51 Å². The first-order chi connectivity index (χ1) is 10.1. The highest BCUT2D eigenvalue weighted by molar-refractivity contribution is 7.46. The fraction of sp³-hybridized carbons (Fsp3) is 0.600. The molecule has 0 bridgehead atoms. The Bertz CT molecular complexity index is 707. The lowest BCUT2D eigenvalue weighted by Gasteiger charge is -2.14. The summed E-state index contributed by atoms with van der Waals surface area (Å²) in [6, 6.07) is 0. The van der Waals surface area contributed by atoms with Crippen molar-refractivity contribution in [3.05, 3.63) is 32.6 Å². The maximum Gasteiger partial charge on any atom is 0.469 e. The molecular weight excluding hydrogens is 323 g/mol. The van der Waals surface area contributed by atoms with Crippen molar-refractivity contribution in [1.29, 1.82) is 0 Å². The second-order valence-electron chi connectivity index (χ2n) is 4.78. The van der Waals surface area contributed by atoms with E-state index in [1.807, 2.05) is 0 Å². The summed E-state index contributed by atoms with van der Waals surface area (Å²) in [5.74, 6) is 0. The van der Waals surface area contributed by atoms with Crippen molar-refractivity contribution in [1.82, 2.24) is 9.55 Å². The topological polar surface area (TPSA) is 171 Å². The van der Waals surface area contributed by atoms with E-state index in [-0.39, 0.29) is 5.56 Å². The predicted molar refractivity (Wildman–Crippen MR) is 69.9 cm³/mol. The van der Waals surface area contributed by atoms with Crippen LogP contribution < -0.4 is 11.2 Å². The molecule has 2 heterocycles. The van der Waals surface area contributed by atoms with E-state index in [0.29, 0.717) is 0 Å². The van der Waals surface area contributed by atoms with E-state index in [4.69, 9.17) is 14.5 Å². The monoisotopic (exact) mass is 338 g/mol. The fourth-order valence-electron chi connectivity index (χ4n) is 2.10. The lowest BCUT2D eigenvalue weighted by Crippen LogP contribution is -2.37. The number of H-pyrrole nitrogens is 1. The number of aromatic amines is 1. The van der Waals surface area contributed by atoms with Gasteiger partial charge in [-0.3, -0.25) is 13.9 Å². The summed E-state index contributed by atoms with van der Waals surface area (Å²) in [5.41, 5.74) is -1.49. The van der Waals surface area contributed by atoms with Crippen molar-refractivity contribution in [3.63, 3.8) is 0 Å². The molecule has 0 aromatic carbocycles. The SMILES string of the molecule is Cn1c(=O)[nH]cc([C@@H]2O[C@H](COP(=O)(O)O)[C@@H](O)[C@H]2O)c1=O. The molecule has 1 aliphatic rings. The first-order valence-electron chi connectivity index (χ1n) is 6.12. The Balaban J connectivity index is 2.24. The van der Waals surface area contributed by atoms with Gasteiger partial charge in [-0.05, 0) is 0 Å². The summed E-state index contributed by atoms with van der Waals surface area (Å²) in [6.45, 7) is -0.678. The molecule has 12 heteroatoms. The minimum absolute atomic E-state index is 0.104. The second-order valence-corrected chi connectivity index (χ2v) is 6.02. The summed E-state index contributed by atoms with van der Waals surface area (Å²) in [7, 11) is -3.55. The quantitative estimate of drug-likeness (QED) is 0.367. The van der Waals surface area contributed by atoms with Gasteiger partial charge in [0, 0.05) is 13.2 Å². The Hall–Kier alpha value is -1.33. The van der Waals surface area contributed by atoms with E-state index < -0.39 is 50.1 Å². The number of nitrogens with one attached hydrogen (secondary N) is 1. The zero-order valence-corrected chi connectivity index (χ0v) is 12.2. The summed E-state index contributed by atoms with van der Waals surface area (Å²) in [6.07, 6.45) is -4.50. The Labute approximate surface area is 123 Å². The molecule has 0 amide bonds. The highest BCUT2D eigenvalue weighted by Gasteiger charge is 2.45. The standard InChI is InChI=1S/C10H15N2O9P/c1-12-9(15)4(2-11-10(12)16)8-7(14)6(13)5(21-8)3-20-22(17,18)19/h2,5-8,13-14H,3H2,1H3,(H,11,16)(H2,17,18,19)/t5-,6-,7-,8+/m1/s1. The number of phosphoric acid groups is 1. The molecule has 124 valence electrons. The number of aromatic nitrogens is 2. The third-order valence-electron chi connectivity index (χ3n) is 3.28. The van der Waals surface area contributed by atoms with Crippen LogP contribution >= 0.6 is 7.82 Å². The van der Waals surface area contributed by atoms with Gasteiger partial charge in [-0.25, -0.2) is 9.36 Å². The largest absolute Gasteiger partial charge is 0.469 e. The number of hydrogen-bond donors (Lipinski definition) is 5. The van der Waals surface area contributed by atoms with E-state index in [0.717, 1.165) is 10.8 Å². The van der Waals surface area contributed by atoms with Crippen LogP contribution in [0.4, 0.5) is 0 Å². The van der Waals surface area contributed by atoms with Gasteiger partial charge in [0.15, 0.2) is 0 Å². The Morgan fingerprint density at radius 2 is 2.00 bits per heavy atom. The van der Waals surface area contributed by atoms with Crippen molar-refractivity contribution < 1.29 is 33.8 Å². The van der Waals surface area contributed by atoms with Crippen molar-refractivity contribution in [2.45, 2.75) is 24.4 Å². The fourth-order valence-corrected chi connectivity index (χ4v) is 2.44. The number of rotatable bonds is 4. The smallest absolute Gasteiger partial charge is 0.387 e. The lowest BCUT2D eigenvalue weighted by atomic mass is 10.0. The molecule has 0 spiro atoms. The summed E-state index contributed by atoms with van der Waals surface area (Å²) in [5, 5.41) is 19.7. The van der Waals surface area contributed by atoms with Crippen LogP contribution in [0.5, 0.6) is 0 Å². The predicted octanol–water partition coefficient (Wildman–Crippen LogP) is -2.66. The van der Waals surface area contributed by atoms with Gasteiger partial charge < -0.3 is 29.7 Å². The van der Waals surface area contributed by atoms with Crippen LogP contribution in [0.1, 0.15) is 11.7 Å². The van der Waals surface area contributed by atoms with E-state index in [1.54, 1.807) is 0 Å². The second kappa shape index (κ2) is 6.05. The van der Waals surface area contributed by atoms with Crippen molar-refractivity contribution in [3.8, 4) is 0 Å². The highest BCUT2D eigenvalue weighted by Crippen LogP contribution is 2.38. The summed E-state index contributed by atoms with van der Waals surface area (Å²) < 4.78 is 20.9. The molecule has 4 atom stereocenters. The molecule has 11 nitrogen and oxygen atoms in total. The van der Waals surface area contributed by atoms with Gasteiger partial charge in [0.2, 0.25) is 0 Å². The van der Waals surface area contributed by atoms with Crippen LogP contribution in [0.15, 0.2) is 15.8 Å². The maximum atomic E-state index is 12.0. The molecule has 2 rings (SSSR count). The Morgan fingerprint density at radius 1 is 1.36 bits per heavy atom. The number of aliphatic hydroxyl groups is 2. The molecule has 22 heavy (non-hydrogen) atoms. The Kier molecular flexibility index (Phi) is 4.68. The zero-order valence-electron chi connectivity index (χ0n) is 11.3. The first-order valence-corrected chi connectivity index (χ1v) is 7.65. The summed E-state index contributed by atoms with van der Waals surface area (Å²) in [4.78, 5) is 42.8. The molecule has 1 aromatic heterocycles. The van der Waals surface area contributed by atoms with Gasteiger partial charge in [0.05, 0.1) is 12.2 Å². The number of hydrogen-bond acceptors (Lipinski definition) is 7. The third-order valence-corrected chi connectivity index (χ3v) is 3.77. The maximum absolute atomic E-state index is 12.0. The molecule has 1 aliphatic heterocycles. The van der Waals surface area contributed by atoms with Gasteiger partial charge in [-0.1, -0.05) is 0 Å². The summed E-state index contributed by atoms with van der Waals surface area (Å²) >= 11 is 0. The van der Waals surface area contributed by atoms with Crippen molar-refractivity contribution >= 4 is 7.82 Å². The highest BCUT2D eigenvalue weighted by atomic mass is 31.2. The van der Waals surface area contributed by atoms with Crippen LogP contribution in [0.25, 0.3) is 0 Å². The number of phosphoric ester groups is 1. The van der Waals surface area contributed by atoms with Gasteiger partial charge in [-0.2, -0.15) is 0 Å². The number of nitrogens with zero attached hydrogens (tertiary/aromatic N) is 1. The van der Waals surface area contributed by atoms with Gasteiger partial charge >= 0.3 is 13.5 Å². The van der Waals surface area contributed by atoms with Gasteiger partial charge in [-0.15, -0.1) is 0 Å². The number of ether oxygens (including phenoxy) is 1. The van der Waals surface area contributed by atoms with E-state index in [1.165, 1.54) is 7.05 Å². The van der Waals surface area contributed by atoms with Crippen LogP contribution in [-0.2, 0) is 20.9 Å². The van der Waals surface area contributed by atoms with E-state index in [9.17, 15) is 24.4 Å². The number of aliphatic hydroxyl groups excluding tert-OH is 2. The third kappa shape index (κ3) is 3.36. The Morgan fingerprint density at radius 3 is 2.59 bits per heavy atom. The molecule has 0 unspecified atom stereocenters. The average molecular weight is 338 g/mol. The van der Waals surface area contributed by atoms with Crippen LogP contribution in [-0.4, -0.2) is 54.5 Å². The molecule has 0 radical (unpaired) electrons. The molecule has 0 aliphatic carbocycles. The van der Waals surface area contributed by atoms with Gasteiger partial charge in [0.25, 0.3) is 5.56 Å². The minimum Gasteiger partial charge on any atom is -0.387 e. The molecule has 0 saturated carbocycles. The molecule has 1 aromatic rings. The van der Waals surface area contributed by atoms with Gasteiger partial charge in [0.1, 0.15) is 24.4 Å². The van der Waals surface area contributed by atoms with Crippen molar-refractivity contribution in [2.24, 2.45) is 7.05 Å². The van der Waals surface area contributed by atoms with Crippen LogP contribution in [0.2, 0.25) is 0 Å². The average Bonchev–Trinajstić information content (AvgIpc) is 2.70. The lowest BCUT2D eigenvalue weighted by molar-refractivity contribution is -0.0229. The first kappa shape index (κ1) is 17.0. The molecule has 1 fully saturated rings. The van der Waals surface area contributed by atoms with E-state index >= 15 is 0 Å². The van der Waals surface area contributed by atoms with Crippen molar-refractivity contribution in [2.75, 3.05) is 6.61 Å². The molecule has 5 N–H and O–H groups in total.